The molecule has 54 heavy (non-hydrogen) atoms. The number of allylic oxidation sites excluding steroid dienone is 3. The molecular formula is C43H66O9Si2. The molecule has 0 atom stereocenters. The summed E-state index contributed by atoms with van der Waals surface area (Å²) in [5.74, 6) is 0.785. The van der Waals surface area contributed by atoms with Crippen molar-refractivity contribution in [2.45, 2.75) is 132 Å². The SMILES string of the molecule is CCc1c(C)c2c(c(OCC[Si](C)(C)C)c1C/C=C(\C)C=O)C(=O)OC2.CCc1c(C)c2c(c(OCC[Si](C)(C)C)c1C/C=C(\C)CO)C(=O)OC2.CO. The number of esters is 2. The number of hydrogen-bond donors (Lipinski definition) is 2. The Hall–Kier alpha value is -3.52. The number of fused-ring (bicyclic) bond motifs is 2. The molecule has 4 rings (SSSR count). The Morgan fingerprint density at radius 2 is 1.09 bits per heavy atom. The maximum atomic E-state index is 12.4. The quantitative estimate of drug-likeness (QED) is 0.0565. The van der Waals surface area contributed by atoms with Crippen LogP contribution in [-0.2, 0) is 53.2 Å². The maximum Gasteiger partial charge on any atom is 0.342 e. The van der Waals surface area contributed by atoms with Crippen LogP contribution in [0, 0.1) is 13.8 Å². The van der Waals surface area contributed by atoms with Crippen molar-refractivity contribution in [3.05, 3.63) is 78.9 Å². The molecule has 0 aromatic heterocycles. The highest BCUT2D eigenvalue weighted by molar-refractivity contribution is 6.76. The van der Waals surface area contributed by atoms with E-state index >= 15 is 0 Å². The molecule has 0 spiro atoms. The number of carbonyl (C=O) groups is 3. The van der Waals surface area contributed by atoms with Crippen LogP contribution in [0.3, 0.4) is 0 Å². The standard InChI is InChI=1S/C21H32O4Si.C21H30O4Si.CH4O/c2*1-7-16-15(3)18-13-25-21(23)19(18)20(24-10-11-26(4,5)6)17(16)9-8-14(2)12-22;1-2/h8,22H,7,9-13H2,1-6H3;8,12H,7,9-11,13H2,1-6H3;2H,1H3/b2*14-8+;. The highest BCUT2D eigenvalue weighted by atomic mass is 28.3. The summed E-state index contributed by atoms with van der Waals surface area (Å²) in [6.07, 6.45) is 7.73. The van der Waals surface area contributed by atoms with Crippen molar-refractivity contribution in [3.8, 4) is 11.5 Å². The van der Waals surface area contributed by atoms with Crippen LogP contribution < -0.4 is 9.47 Å². The number of rotatable bonds is 16. The zero-order chi connectivity index (χ0) is 41.0. The van der Waals surface area contributed by atoms with Crippen LogP contribution >= 0.6 is 0 Å². The lowest BCUT2D eigenvalue weighted by Gasteiger charge is -2.22. The fourth-order valence-electron chi connectivity index (χ4n) is 6.53. The molecule has 0 unspecified atom stereocenters. The van der Waals surface area contributed by atoms with Gasteiger partial charge in [0.05, 0.1) is 19.8 Å². The number of hydrogen-bond acceptors (Lipinski definition) is 9. The van der Waals surface area contributed by atoms with Gasteiger partial charge >= 0.3 is 11.9 Å². The van der Waals surface area contributed by atoms with Crippen molar-refractivity contribution in [1.82, 2.24) is 0 Å². The van der Waals surface area contributed by atoms with Crippen LogP contribution in [0.25, 0.3) is 0 Å². The van der Waals surface area contributed by atoms with Gasteiger partial charge in [0.1, 0.15) is 42.1 Å². The average molecular weight is 783 g/mol. The fraction of sp³-hybridized carbons (Fsp3) is 0.558. The van der Waals surface area contributed by atoms with Gasteiger partial charge in [0.25, 0.3) is 0 Å². The van der Waals surface area contributed by atoms with Crippen molar-refractivity contribution in [2.24, 2.45) is 0 Å². The Bertz CT molecular complexity index is 1710. The summed E-state index contributed by atoms with van der Waals surface area (Å²) in [5, 5.41) is 16.3. The molecule has 0 aliphatic carbocycles. The third kappa shape index (κ3) is 12.2. The summed E-state index contributed by atoms with van der Waals surface area (Å²) >= 11 is 0. The van der Waals surface area contributed by atoms with Crippen LogP contribution in [0.4, 0.5) is 0 Å². The Kier molecular flexibility index (Phi) is 18.1. The van der Waals surface area contributed by atoms with E-state index in [1.54, 1.807) is 6.92 Å². The predicted molar refractivity (Wildman–Crippen MR) is 223 cm³/mol. The second kappa shape index (κ2) is 21.0. The lowest BCUT2D eigenvalue weighted by molar-refractivity contribution is -0.104. The normalized spacial score (nSPS) is 13.9. The molecule has 300 valence electrons. The van der Waals surface area contributed by atoms with Gasteiger partial charge in [-0.15, -0.1) is 0 Å². The molecule has 2 aliphatic rings. The molecule has 9 nitrogen and oxygen atoms in total. The first-order chi connectivity index (χ1) is 25.4. The van der Waals surface area contributed by atoms with Gasteiger partial charge in [-0.25, -0.2) is 9.59 Å². The van der Waals surface area contributed by atoms with Crippen molar-refractivity contribution < 1.29 is 43.5 Å². The molecule has 2 aliphatic heterocycles. The smallest absolute Gasteiger partial charge is 0.342 e. The van der Waals surface area contributed by atoms with Gasteiger partial charge in [0.2, 0.25) is 0 Å². The molecule has 2 aromatic carbocycles. The summed E-state index contributed by atoms with van der Waals surface area (Å²) in [4.78, 5) is 35.8. The molecule has 2 aromatic rings. The van der Waals surface area contributed by atoms with E-state index < -0.39 is 16.1 Å². The zero-order valence-corrected chi connectivity index (χ0v) is 37.3. The van der Waals surface area contributed by atoms with E-state index in [0.717, 1.165) is 77.3 Å². The van der Waals surface area contributed by atoms with Gasteiger partial charge in [0.15, 0.2) is 0 Å². The molecule has 2 heterocycles. The van der Waals surface area contributed by atoms with Crippen LogP contribution in [-0.4, -0.2) is 71.5 Å². The summed E-state index contributed by atoms with van der Waals surface area (Å²) in [7, 11) is -1.48. The number of ether oxygens (including phenoxy) is 4. The highest BCUT2D eigenvalue weighted by Crippen LogP contribution is 2.41. The van der Waals surface area contributed by atoms with Gasteiger partial charge in [-0.1, -0.05) is 70.9 Å². The molecule has 0 radical (unpaired) electrons. The molecule has 11 heteroatoms. The maximum absolute atomic E-state index is 12.4. The largest absolute Gasteiger partial charge is 0.493 e. The first-order valence-corrected chi connectivity index (χ1v) is 26.6. The van der Waals surface area contributed by atoms with Crippen LogP contribution in [0.1, 0.15) is 92.9 Å². The van der Waals surface area contributed by atoms with E-state index in [4.69, 9.17) is 24.1 Å². The van der Waals surface area contributed by atoms with E-state index in [9.17, 15) is 19.5 Å². The molecule has 0 saturated carbocycles. The molecule has 0 saturated heterocycles. The fourth-order valence-corrected chi connectivity index (χ4v) is 7.96. The van der Waals surface area contributed by atoms with Crippen molar-refractivity contribution in [1.29, 1.82) is 0 Å². The van der Waals surface area contributed by atoms with Gasteiger partial charge in [-0.05, 0) is 93.3 Å². The van der Waals surface area contributed by atoms with Crippen LogP contribution in [0.15, 0.2) is 23.3 Å². The summed E-state index contributed by atoms with van der Waals surface area (Å²) in [6, 6.07) is 2.06. The minimum Gasteiger partial charge on any atom is -0.493 e. The number of cyclic esters (lactones) is 2. The number of aldehydes is 1. The lowest BCUT2D eigenvalue weighted by atomic mass is 9.89. The Morgan fingerprint density at radius 3 is 1.43 bits per heavy atom. The van der Waals surface area contributed by atoms with E-state index in [-0.39, 0.29) is 18.5 Å². The second-order valence-electron chi connectivity index (χ2n) is 16.4. The monoisotopic (exact) mass is 782 g/mol. The number of aliphatic hydroxyl groups is 2. The predicted octanol–water partition coefficient (Wildman–Crippen LogP) is 8.67. The molecule has 0 amide bonds. The second-order valence-corrected chi connectivity index (χ2v) is 27.6. The molecule has 2 N–H and O–H groups in total. The molecule has 0 bridgehead atoms. The summed E-state index contributed by atoms with van der Waals surface area (Å²) in [6.45, 7) is 27.8. The topological polar surface area (TPSA) is 129 Å². The van der Waals surface area contributed by atoms with Gasteiger partial charge in [-0.3, -0.25) is 4.79 Å². The van der Waals surface area contributed by atoms with Crippen LogP contribution in [0.2, 0.25) is 51.4 Å². The van der Waals surface area contributed by atoms with E-state index in [2.05, 4.69) is 60.1 Å². The Balaban J connectivity index is 0.000000357. The Labute approximate surface area is 326 Å². The number of carbonyl (C=O) groups excluding carboxylic acids is 3. The zero-order valence-electron chi connectivity index (χ0n) is 35.3. The van der Waals surface area contributed by atoms with Gasteiger partial charge in [-0.2, -0.15) is 0 Å². The first-order valence-electron chi connectivity index (χ1n) is 19.2. The average Bonchev–Trinajstić information content (AvgIpc) is 3.71. The number of aliphatic hydroxyl groups excluding tert-OH is 2. The van der Waals surface area contributed by atoms with E-state index in [0.29, 0.717) is 67.5 Å². The lowest BCUT2D eigenvalue weighted by Crippen LogP contribution is -2.23. The van der Waals surface area contributed by atoms with Crippen LogP contribution in [0.5, 0.6) is 11.5 Å². The summed E-state index contributed by atoms with van der Waals surface area (Å²) in [5.41, 5.74) is 11.5. The molecular weight excluding hydrogens is 717 g/mol. The van der Waals surface area contributed by atoms with E-state index in [1.165, 1.54) is 11.1 Å². The third-order valence-electron chi connectivity index (χ3n) is 9.87. The molecule has 0 fully saturated rings. The first kappa shape index (κ1) is 46.6. The third-order valence-corrected chi connectivity index (χ3v) is 13.3. The number of benzene rings is 2. The van der Waals surface area contributed by atoms with Gasteiger partial charge in [0, 0.05) is 45.5 Å². The van der Waals surface area contributed by atoms with Crippen molar-refractivity contribution >= 4 is 34.4 Å². The van der Waals surface area contributed by atoms with Crippen molar-refractivity contribution in [3.63, 3.8) is 0 Å². The van der Waals surface area contributed by atoms with Gasteiger partial charge < -0.3 is 29.2 Å². The summed E-state index contributed by atoms with van der Waals surface area (Å²) < 4.78 is 23.1. The Morgan fingerprint density at radius 1 is 0.704 bits per heavy atom. The van der Waals surface area contributed by atoms with E-state index in [1.807, 2.05) is 26.0 Å². The highest BCUT2D eigenvalue weighted by Gasteiger charge is 2.33. The van der Waals surface area contributed by atoms with Crippen molar-refractivity contribution in [2.75, 3.05) is 26.9 Å². The minimum absolute atomic E-state index is 0.0409. The minimum atomic E-state index is -1.25.